The van der Waals surface area contributed by atoms with Crippen LogP contribution in [0.15, 0.2) is 24.3 Å². The first kappa shape index (κ1) is 16.7. The number of unbranched alkanes of at least 4 members (excludes halogenated alkanes) is 1. The molecule has 22 heavy (non-hydrogen) atoms. The molecule has 2 rings (SSSR count). The van der Waals surface area contributed by atoms with Crippen molar-refractivity contribution >= 4 is 5.91 Å². The molecule has 0 bridgehead atoms. The van der Waals surface area contributed by atoms with Gasteiger partial charge in [0, 0.05) is 18.5 Å². The van der Waals surface area contributed by atoms with Crippen molar-refractivity contribution in [1.82, 2.24) is 5.32 Å². The standard InChI is InChI=1S/C17H25FN2O2/c18-14-6-8-16(9-7-14)22-11-2-1-10-20-17(21)13-4-3-5-15(19)12-13/h6-9,13,15H,1-5,10-12,19H2,(H,20,21). The Balaban J connectivity index is 1.53. The number of benzene rings is 1. The Morgan fingerprint density at radius 2 is 2.05 bits per heavy atom. The lowest BCUT2D eigenvalue weighted by atomic mass is 9.85. The van der Waals surface area contributed by atoms with Crippen LogP contribution in [0.5, 0.6) is 5.75 Å². The Hall–Kier alpha value is -1.62. The first-order valence-electron chi connectivity index (χ1n) is 8.07. The lowest BCUT2D eigenvalue weighted by molar-refractivity contribution is -0.126. The maximum atomic E-state index is 12.7. The Morgan fingerprint density at radius 1 is 1.27 bits per heavy atom. The zero-order valence-corrected chi connectivity index (χ0v) is 12.9. The van der Waals surface area contributed by atoms with Gasteiger partial charge in [-0.25, -0.2) is 4.39 Å². The molecule has 1 amide bonds. The van der Waals surface area contributed by atoms with Crippen LogP contribution in [0, 0.1) is 11.7 Å². The molecule has 1 saturated carbocycles. The molecule has 0 radical (unpaired) electrons. The molecular weight excluding hydrogens is 283 g/mol. The van der Waals surface area contributed by atoms with Crippen LogP contribution < -0.4 is 15.8 Å². The van der Waals surface area contributed by atoms with Crippen LogP contribution in [-0.2, 0) is 4.79 Å². The van der Waals surface area contributed by atoms with Crippen LogP contribution >= 0.6 is 0 Å². The van der Waals surface area contributed by atoms with Crippen molar-refractivity contribution in [3.05, 3.63) is 30.1 Å². The Morgan fingerprint density at radius 3 is 2.77 bits per heavy atom. The summed E-state index contributed by atoms with van der Waals surface area (Å²) in [5, 5.41) is 2.98. The molecule has 0 saturated heterocycles. The van der Waals surface area contributed by atoms with E-state index in [-0.39, 0.29) is 23.7 Å². The summed E-state index contributed by atoms with van der Waals surface area (Å²) in [4.78, 5) is 12.0. The monoisotopic (exact) mass is 308 g/mol. The second-order valence-corrected chi connectivity index (χ2v) is 5.92. The average molecular weight is 308 g/mol. The van der Waals surface area contributed by atoms with Crippen molar-refractivity contribution in [3.8, 4) is 5.75 Å². The van der Waals surface area contributed by atoms with Gasteiger partial charge in [-0.05, 0) is 56.4 Å². The number of amides is 1. The summed E-state index contributed by atoms with van der Waals surface area (Å²) in [6.45, 7) is 1.23. The molecule has 1 aliphatic carbocycles. The average Bonchev–Trinajstić information content (AvgIpc) is 2.52. The molecule has 2 atom stereocenters. The predicted molar refractivity (Wildman–Crippen MR) is 84.1 cm³/mol. The summed E-state index contributed by atoms with van der Waals surface area (Å²) in [6, 6.07) is 6.16. The quantitative estimate of drug-likeness (QED) is 0.761. The van der Waals surface area contributed by atoms with Gasteiger partial charge in [0.05, 0.1) is 6.61 Å². The Kier molecular flexibility index (Phi) is 6.65. The highest BCUT2D eigenvalue weighted by Crippen LogP contribution is 2.23. The molecule has 1 aliphatic rings. The van der Waals surface area contributed by atoms with Gasteiger partial charge in [0.15, 0.2) is 0 Å². The minimum Gasteiger partial charge on any atom is -0.494 e. The normalized spacial score (nSPS) is 21.4. The zero-order valence-electron chi connectivity index (χ0n) is 12.9. The van der Waals surface area contributed by atoms with E-state index in [0.717, 1.165) is 38.5 Å². The van der Waals surface area contributed by atoms with Gasteiger partial charge in [0.1, 0.15) is 11.6 Å². The third-order valence-electron chi connectivity index (χ3n) is 4.04. The largest absolute Gasteiger partial charge is 0.494 e. The van der Waals surface area contributed by atoms with E-state index in [1.54, 1.807) is 12.1 Å². The molecule has 1 fully saturated rings. The van der Waals surface area contributed by atoms with E-state index in [9.17, 15) is 9.18 Å². The Labute approximate surface area is 131 Å². The first-order valence-corrected chi connectivity index (χ1v) is 8.07. The van der Waals surface area contributed by atoms with E-state index in [1.165, 1.54) is 12.1 Å². The van der Waals surface area contributed by atoms with Crippen molar-refractivity contribution in [1.29, 1.82) is 0 Å². The number of ether oxygens (including phenoxy) is 1. The lowest BCUT2D eigenvalue weighted by Gasteiger charge is -2.25. The van der Waals surface area contributed by atoms with Crippen LogP contribution in [0.2, 0.25) is 0 Å². The molecule has 1 aromatic rings. The van der Waals surface area contributed by atoms with Gasteiger partial charge < -0.3 is 15.8 Å². The third kappa shape index (κ3) is 5.64. The van der Waals surface area contributed by atoms with Gasteiger partial charge in [-0.2, -0.15) is 0 Å². The number of nitrogens with two attached hydrogens (primary N) is 1. The molecule has 122 valence electrons. The minimum atomic E-state index is -0.266. The van der Waals surface area contributed by atoms with Gasteiger partial charge >= 0.3 is 0 Å². The number of carbonyl (C=O) groups excluding carboxylic acids is 1. The number of hydrogen-bond acceptors (Lipinski definition) is 3. The Bertz CT molecular complexity index is 464. The van der Waals surface area contributed by atoms with Crippen molar-refractivity contribution in [2.75, 3.05) is 13.2 Å². The summed E-state index contributed by atoms with van der Waals surface area (Å²) < 4.78 is 18.2. The van der Waals surface area contributed by atoms with Crippen molar-refractivity contribution < 1.29 is 13.9 Å². The number of rotatable bonds is 7. The predicted octanol–water partition coefficient (Wildman–Crippen LogP) is 2.62. The van der Waals surface area contributed by atoms with E-state index >= 15 is 0 Å². The molecule has 0 spiro atoms. The molecular formula is C17H25FN2O2. The minimum absolute atomic E-state index is 0.0826. The SMILES string of the molecule is NC1CCCC(C(=O)NCCCCOc2ccc(F)cc2)C1. The topological polar surface area (TPSA) is 64.4 Å². The van der Waals surface area contributed by atoms with E-state index in [1.807, 2.05) is 0 Å². The number of carbonyl (C=O) groups is 1. The van der Waals surface area contributed by atoms with Gasteiger partial charge in [-0.3, -0.25) is 4.79 Å². The van der Waals surface area contributed by atoms with Crippen LogP contribution in [0.25, 0.3) is 0 Å². The molecule has 5 heteroatoms. The maximum Gasteiger partial charge on any atom is 0.223 e. The summed E-state index contributed by atoms with van der Waals surface area (Å²) in [5.74, 6) is 0.618. The first-order chi connectivity index (χ1) is 10.6. The molecule has 4 nitrogen and oxygen atoms in total. The third-order valence-corrected chi connectivity index (χ3v) is 4.04. The zero-order chi connectivity index (χ0) is 15.8. The smallest absolute Gasteiger partial charge is 0.223 e. The summed E-state index contributed by atoms with van der Waals surface area (Å²) in [7, 11) is 0. The van der Waals surface area contributed by atoms with Crippen molar-refractivity contribution in [2.45, 2.75) is 44.6 Å². The van der Waals surface area contributed by atoms with Crippen molar-refractivity contribution in [3.63, 3.8) is 0 Å². The fourth-order valence-electron chi connectivity index (χ4n) is 2.77. The summed E-state index contributed by atoms with van der Waals surface area (Å²) in [5.41, 5.74) is 5.90. The van der Waals surface area contributed by atoms with Crippen LogP contribution in [-0.4, -0.2) is 25.1 Å². The second kappa shape index (κ2) is 8.73. The van der Waals surface area contributed by atoms with Crippen LogP contribution in [0.3, 0.4) is 0 Å². The lowest BCUT2D eigenvalue weighted by Crippen LogP contribution is -2.38. The molecule has 1 aromatic carbocycles. The van der Waals surface area contributed by atoms with Gasteiger partial charge in [0.2, 0.25) is 5.91 Å². The summed E-state index contributed by atoms with van der Waals surface area (Å²) in [6.07, 6.45) is 5.55. The van der Waals surface area contributed by atoms with Crippen molar-refractivity contribution in [2.24, 2.45) is 11.7 Å². The second-order valence-electron chi connectivity index (χ2n) is 5.92. The fourth-order valence-corrected chi connectivity index (χ4v) is 2.77. The van der Waals surface area contributed by atoms with Crippen LogP contribution in [0.4, 0.5) is 4.39 Å². The van der Waals surface area contributed by atoms with E-state index in [0.29, 0.717) is 18.9 Å². The number of halogens is 1. The van der Waals surface area contributed by atoms with E-state index in [4.69, 9.17) is 10.5 Å². The highest BCUT2D eigenvalue weighted by atomic mass is 19.1. The van der Waals surface area contributed by atoms with Gasteiger partial charge in [-0.1, -0.05) is 6.42 Å². The van der Waals surface area contributed by atoms with Gasteiger partial charge in [-0.15, -0.1) is 0 Å². The molecule has 0 aliphatic heterocycles. The molecule has 0 aromatic heterocycles. The molecule has 0 heterocycles. The number of nitrogens with one attached hydrogen (secondary N) is 1. The molecule has 3 N–H and O–H groups in total. The highest BCUT2D eigenvalue weighted by Gasteiger charge is 2.24. The number of hydrogen-bond donors (Lipinski definition) is 2. The fraction of sp³-hybridized carbons (Fsp3) is 0.588. The van der Waals surface area contributed by atoms with Crippen LogP contribution in [0.1, 0.15) is 38.5 Å². The van der Waals surface area contributed by atoms with Gasteiger partial charge in [0.25, 0.3) is 0 Å². The van der Waals surface area contributed by atoms with E-state index < -0.39 is 0 Å². The molecule has 2 unspecified atom stereocenters. The maximum absolute atomic E-state index is 12.7. The van der Waals surface area contributed by atoms with E-state index in [2.05, 4.69) is 5.32 Å². The summed E-state index contributed by atoms with van der Waals surface area (Å²) >= 11 is 0. The highest BCUT2D eigenvalue weighted by molar-refractivity contribution is 5.78.